The van der Waals surface area contributed by atoms with Crippen LogP contribution < -0.4 is 4.90 Å². The maximum absolute atomic E-state index is 6.22. The van der Waals surface area contributed by atoms with Crippen LogP contribution in [-0.2, 0) is 13.0 Å². The monoisotopic (exact) mass is 533 g/mol. The Balaban J connectivity index is 2.26. The number of aryl methyl sites for hydroxylation is 1. The van der Waals surface area contributed by atoms with Gasteiger partial charge in [-0.25, -0.2) is 4.98 Å². The zero-order valence-electron chi connectivity index (χ0n) is 23.9. The Morgan fingerprint density at radius 1 is 1.26 bits per heavy atom. The van der Waals surface area contributed by atoms with Crippen molar-refractivity contribution >= 4 is 23.1 Å². The number of aromatic nitrogens is 3. The van der Waals surface area contributed by atoms with Gasteiger partial charge >= 0.3 is 0 Å². The van der Waals surface area contributed by atoms with Gasteiger partial charge in [-0.2, -0.15) is 0 Å². The predicted molar refractivity (Wildman–Crippen MR) is 164 cm³/mol. The lowest BCUT2D eigenvalue weighted by Gasteiger charge is -2.28. The molecule has 1 saturated carbocycles. The van der Waals surface area contributed by atoms with E-state index in [1.165, 1.54) is 19.3 Å². The summed E-state index contributed by atoms with van der Waals surface area (Å²) in [6.45, 7) is 22.6. The van der Waals surface area contributed by atoms with Crippen LogP contribution in [0.1, 0.15) is 64.8 Å². The molecule has 2 aromatic rings. The van der Waals surface area contributed by atoms with Crippen LogP contribution in [0.15, 0.2) is 73.1 Å². The highest BCUT2D eigenvalue weighted by atomic mass is 35.5. The normalized spacial score (nSPS) is 14.1. The van der Waals surface area contributed by atoms with Crippen molar-refractivity contribution in [3.8, 4) is 11.4 Å². The van der Waals surface area contributed by atoms with Crippen molar-refractivity contribution in [2.45, 2.75) is 72.4 Å². The number of halogens is 1. The second-order valence-corrected chi connectivity index (χ2v) is 10.9. The van der Waals surface area contributed by atoms with Crippen molar-refractivity contribution in [1.29, 1.82) is 0 Å². The number of nitrogens with zero attached hydrogens (tertiary/aromatic N) is 5. The van der Waals surface area contributed by atoms with Crippen molar-refractivity contribution in [3.05, 3.63) is 84.5 Å². The molecule has 0 aliphatic heterocycles. The Hall–Kier alpha value is -3.05. The number of pyridine rings is 1. The lowest BCUT2D eigenvalue weighted by Crippen LogP contribution is -2.27. The van der Waals surface area contributed by atoms with E-state index in [9.17, 15) is 0 Å². The Kier molecular flexibility index (Phi) is 10.6. The van der Waals surface area contributed by atoms with Crippen molar-refractivity contribution in [2.24, 2.45) is 5.92 Å². The molecule has 5 nitrogen and oxygen atoms in total. The zero-order valence-corrected chi connectivity index (χ0v) is 24.6. The first-order valence-electron chi connectivity index (χ1n) is 13.7. The maximum Gasteiger partial charge on any atom is 0.161 e. The Labute approximate surface area is 234 Å². The number of anilines is 1. The first-order valence-corrected chi connectivity index (χ1v) is 14.1. The van der Waals surface area contributed by atoms with Crippen LogP contribution in [0.4, 0.5) is 5.82 Å². The van der Waals surface area contributed by atoms with Gasteiger partial charge in [0.1, 0.15) is 11.5 Å². The third-order valence-corrected chi connectivity index (χ3v) is 7.27. The fourth-order valence-corrected chi connectivity index (χ4v) is 4.70. The van der Waals surface area contributed by atoms with E-state index in [0.717, 1.165) is 65.2 Å². The average Bonchev–Trinajstić information content (AvgIpc) is 3.67. The minimum Gasteiger partial charge on any atom is -0.373 e. The molecule has 2 heterocycles. The van der Waals surface area contributed by atoms with E-state index in [1.807, 2.05) is 30.6 Å². The lowest BCUT2D eigenvalue weighted by molar-refractivity contribution is 0.473. The van der Waals surface area contributed by atoms with Crippen LogP contribution in [0.3, 0.4) is 0 Å². The van der Waals surface area contributed by atoms with Gasteiger partial charge in [0, 0.05) is 43.0 Å². The molecule has 0 aromatic carbocycles. The summed E-state index contributed by atoms with van der Waals surface area (Å²) < 4.78 is 2.29. The molecule has 0 atom stereocenters. The summed E-state index contributed by atoms with van der Waals surface area (Å²) in [7, 11) is 2.10. The third kappa shape index (κ3) is 7.28. The number of allylic oxidation sites excluding steroid dienone is 5. The summed E-state index contributed by atoms with van der Waals surface area (Å²) in [6, 6.07) is 4.34. The predicted octanol–water partition coefficient (Wildman–Crippen LogP) is 8.21. The van der Waals surface area contributed by atoms with Crippen LogP contribution in [0.25, 0.3) is 17.1 Å². The van der Waals surface area contributed by atoms with E-state index in [2.05, 4.69) is 74.9 Å². The molecule has 1 fully saturated rings. The molecule has 0 radical (unpaired) electrons. The molecular weight excluding hydrogens is 490 g/mol. The Morgan fingerprint density at radius 2 is 2.00 bits per heavy atom. The van der Waals surface area contributed by atoms with Gasteiger partial charge in [0.25, 0.3) is 0 Å². The molecule has 3 rings (SSSR count). The number of rotatable bonds is 15. The van der Waals surface area contributed by atoms with E-state index in [-0.39, 0.29) is 6.04 Å². The standard InChI is InChI=1S/C32H44ClN5/c1-9-21-36(8)25(7)30-32(37(11-3)23(4)5)35-31(38(30)22-24(6)14-18-27(33)10-2)28-13-12-20-34-29(28)19-17-26-15-16-26/h10-14,18,20,23,26H,2-3,7,9,15-17,19,21-22H2,1,4-6,8H3/b24-14+,27-18+. The molecule has 0 unspecified atom stereocenters. The summed E-state index contributed by atoms with van der Waals surface area (Å²) in [6.07, 6.45) is 15.2. The maximum atomic E-state index is 6.22. The minimum absolute atomic E-state index is 0.181. The number of hydrogen-bond donors (Lipinski definition) is 0. The van der Waals surface area contributed by atoms with Crippen molar-refractivity contribution in [3.63, 3.8) is 0 Å². The van der Waals surface area contributed by atoms with Gasteiger partial charge in [-0.15, -0.1) is 0 Å². The topological polar surface area (TPSA) is 37.2 Å². The van der Waals surface area contributed by atoms with E-state index in [1.54, 1.807) is 6.08 Å². The molecule has 2 aromatic heterocycles. The highest BCUT2D eigenvalue weighted by molar-refractivity contribution is 6.31. The van der Waals surface area contributed by atoms with Crippen LogP contribution in [0, 0.1) is 5.92 Å². The van der Waals surface area contributed by atoms with Crippen molar-refractivity contribution < 1.29 is 0 Å². The van der Waals surface area contributed by atoms with E-state index in [0.29, 0.717) is 11.6 Å². The van der Waals surface area contributed by atoms with E-state index >= 15 is 0 Å². The summed E-state index contributed by atoms with van der Waals surface area (Å²) >= 11 is 6.22. The summed E-state index contributed by atoms with van der Waals surface area (Å²) in [5, 5.41) is 0.607. The first-order chi connectivity index (χ1) is 18.2. The fraction of sp³-hybridized carbons (Fsp3) is 0.438. The molecule has 38 heavy (non-hydrogen) atoms. The van der Waals surface area contributed by atoms with Gasteiger partial charge in [-0.3, -0.25) is 4.98 Å². The van der Waals surface area contributed by atoms with Crippen molar-refractivity contribution in [1.82, 2.24) is 19.4 Å². The molecular formula is C32H44ClN5. The Bertz CT molecular complexity index is 1200. The van der Waals surface area contributed by atoms with Gasteiger partial charge < -0.3 is 14.4 Å². The number of hydrogen-bond acceptors (Lipinski definition) is 4. The number of imidazole rings is 1. The molecule has 0 saturated heterocycles. The molecule has 0 bridgehead atoms. The highest BCUT2D eigenvalue weighted by Crippen LogP contribution is 2.38. The SMILES string of the molecule is C=C/C(Cl)=C\C=C(/C)Cn1c(-c2cccnc2CCC2CC2)nc(N(C=C)C(C)C)c1C(=C)N(C)CCC. The molecule has 6 heteroatoms. The molecule has 0 amide bonds. The van der Waals surface area contributed by atoms with Gasteiger partial charge in [0.15, 0.2) is 5.82 Å². The molecule has 0 spiro atoms. The van der Waals surface area contributed by atoms with Crippen LogP contribution in [0.2, 0.25) is 0 Å². The first kappa shape index (κ1) is 29.5. The summed E-state index contributed by atoms with van der Waals surface area (Å²) in [4.78, 5) is 14.5. The highest BCUT2D eigenvalue weighted by Gasteiger charge is 2.28. The van der Waals surface area contributed by atoms with Crippen LogP contribution in [-0.4, -0.2) is 39.1 Å². The van der Waals surface area contributed by atoms with Crippen LogP contribution >= 0.6 is 11.6 Å². The molecule has 1 aliphatic rings. The summed E-state index contributed by atoms with van der Waals surface area (Å²) in [5.41, 5.74) is 5.24. The summed E-state index contributed by atoms with van der Waals surface area (Å²) in [5.74, 6) is 2.60. The fourth-order valence-electron chi connectivity index (χ4n) is 4.64. The minimum atomic E-state index is 0.181. The van der Waals surface area contributed by atoms with Gasteiger partial charge in [0.05, 0.1) is 11.4 Å². The third-order valence-electron chi connectivity index (χ3n) is 6.99. The smallest absolute Gasteiger partial charge is 0.161 e. The average molecular weight is 534 g/mol. The lowest BCUT2D eigenvalue weighted by atomic mass is 10.1. The van der Waals surface area contributed by atoms with E-state index in [4.69, 9.17) is 21.6 Å². The zero-order chi connectivity index (χ0) is 27.8. The van der Waals surface area contributed by atoms with Gasteiger partial charge in [-0.1, -0.05) is 68.8 Å². The second-order valence-electron chi connectivity index (χ2n) is 10.5. The Morgan fingerprint density at radius 3 is 2.61 bits per heavy atom. The molecule has 204 valence electrons. The van der Waals surface area contributed by atoms with Gasteiger partial charge in [-0.05, 0) is 70.4 Å². The molecule has 1 aliphatic carbocycles. The van der Waals surface area contributed by atoms with Crippen LogP contribution in [0.5, 0.6) is 0 Å². The van der Waals surface area contributed by atoms with Crippen molar-refractivity contribution in [2.75, 3.05) is 18.5 Å². The van der Waals surface area contributed by atoms with E-state index < -0.39 is 0 Å². The quantitative estimate of drug-likeness (QED) is 0.216. The molecule has 0 N–H and O–H groups in total. The largest absolute Gasteiger partial charge is 0.373 e. The van der Waals surface area contributed by atoms with Gasteiger partial charge in [0.2, 0.25) is 0 Å². The second kappa shape index (κ2) is 13.7.